The normalized spacial score (nSPS) is 13.4. The van der Waals surface area contributed by atoms with Crippen LogP contribution in [0.4, 0.5) is 0 Å². The second-order valence-electron chi connectivity index (χ2n) is 3.09. The van der Waals surface area contributed by atoms with Crippen LogP contribution in [0.1, 0.15) is 24.5 Å². The lowest BCUT2D eigenvalue weighted by atomic mass is 10.4. The van der Waals surface area contributed by atoms with Gasteiger partial charge in [-0.05, 0) is 19.9 Å². The maximum atomic E-state index is 9.28. The third-order valence-electron chi connectivity index (χ3n) is 1.80. The van der Waals surface area contributed by atoms with Crippen molar-refractivity contribution in [3.63, 3.8) is 0 Å². The Morgan fingerprint density at radius 2 is 2.21 bits per heavy atom. The Bertz CT molecular complexity index is 479. The molecule has 73 valence electrons. The lowest BCUT2D eigenvalue weighted by Gasteiger charge is -1.95. The van der Waals surface area contributed by atoms with Crippen molar-refractivity contribution in [2.24, 2.45) is 0 Å². The van der Waals surface area contributed by atoms with E-state index in [0.717, 1.165) is 5.69 Å². The molecular weight excluding hydrogens is 200 g/mol. The number of hydrogen-bond donors (Lipinski definition) is 1. The number of rotatable bonds is 1. The molecule has 2 aromatic rings. The molecule has 2 rings (SSSR count). The van der Waals surface area contributed by atoms with Gasteiger partial charge in [-0.1, -0.05) is 12.6 Å². The first-order valence-electron chi connectivity index (χ1n) is 4.17. The SMILES string of the molecule is Cc1cc([S])n2nc(C(C)O)nc2n1. The summed E-state index contributed by atoms with van der Waals surface area (Å²) in [6.07, 6.45) is -0.702. The first kappa shape index (κ1) is 9.29. The van der Waals surface area contributed by atoms with Gasteiger partial charge < -0.3 is 5.11 Å². The van der Waals surface area contributed by atoms with Crippen molar-refractivity contribution in [2.75, 3.05) is 0 Å². The Morgan fingerprint density at radius 3 is 2.86 bits per heavy atom. The molecule has 0 saturated carbocycles. The molecule has 0 aromatic carbocycles. The topological polar surface area (TPSA) is 63.3 Å². The number of aryl methyl sites for hydroxylation is 1. The van der Waals surface area contributed by atoms with Gasteiger partial charge in [0.15, 0.2) is 5.82 Å². The molecule has 0 aliphatic rings. The van der Waals surface area contributed by atoms with E-state index < -0.39 is 6.10 Å². The highest BCUT2D eigenvalue weighted by Gasteiger charge is 2.11. The molecular formula is C8H9N4OS. The van der Waals surface area contributed by atoms with E-state index in [0.29, 0.717) is 16.6 Å². The van der Waals surface area contributed by atoms with Crippen molar-refractivity contribution < 1.29 is 5.11 Å². The Hall–Kier alpha value is -1.27. The van der Waals surface area contributed by atoms with Crippen LogP contribution in [-0.4, -0.2) is 24.7 Å². The van der Waals surface area contributed by atoms with E-state index in [2.05, 4.69) is 15.1 Å². The van der Waals surface area contributed by atoms with Crippen LogP contribution in [0.2, 0.25) is 0 Å². The standard InChI is InChI=1S/C8H9N4OS/c1-4-3-6(14)12-8(9-4)10-7(11-12)5(2)13/h3,5,13H,1-2H3. The molecule has 1 unspecified atom stereocenters. The minimum absolute atomic E-state index is 0.342. The van der Waals surface area contributed by atoms with Crippen molar-refractivity contribution >= 4 is 18.4 Å². The predicted molar refractivity (Wildman–Crippen MR) is 52.0 cm³/mol. The van der Waals surface area contributed by atoms with Crippen LogP contribution >= 0.6 is 12.6 Å². The molecule has 0 spiro atoms. The number of nitrogens with zero attached hydrogens (tertiary/aromatic N) is 4. The summed E-state index contributed by atoms with van der Waals surface area (Å²) in [7, 11) is 0. The summed E-state index contributed by atoms with van der Waals surface area (Å²) in [5.41, 5.74) is 0.798. The van der Waals surface area contributed by atoms with Gasteiger partial charge in [0.1, 0.15) is 11.1 Å². The molecule has 0 amide bonds. The van der Waals surface area contributed by atoms with Gasteiger partial charge in [-0.2, -0.15) is 9.50 Å². The summed E-state index contributed by atoms with van der Waals surface area (Å²) >= 11 is 5.08. The summed E-state index contributed by atoms with van der Waals surface area (Å²) in [4.78, 5) is 8.21. The van der Waals surface area contributed by atoms with Crippen molar-refractivity contribution in [3.05, 3.63) is 17.6 Å². The van der Waals surface area contributed by atoms with Gasteiger partial charge in [0.05, 0.1) is 0 Å². The van der Waals surface area contributed by atoms with Crippen molar-refractivity contribution in [2.45, 2.75) is 25.0 Å². The van der Waals surface area contributed by atoms with E-state index >= 15 is 0 Å². The summed E-state index contributed by atoms with van der Waals surface area (Å²) in [5.74, 6) is 0.778. The van der Waals surface area contributed by atoms with Crippen LogP contribution in [0.5, 0.6) is 0 Å². The largest absolute Gasteiger partial charge is 0.385 e. The number of aliphatic hydroxyl groups excluding tert-OH is 1. The van der Waals surface area contributed by atoms with Gasteiger partial charge in [0.2, 0.25) is 0 Å². The van der Waals surface area contributed by atoms with Crippen molar-refractivity contribution in [1.82, 2.24) is 19.6 Å². The minimum atomic E-state index is -0.702. The zero-order valence-electron chi connectivity index (χ0n) is 7.80. The van der Waals surface area contributed by atoms with Crippen LogP contribution in [0.15, 0.2) is 11.1 Å². The fraction of sp³-hybridized carbons (Fsp3) is 0.375. The van der Waals surface area contributed by atoms with Crippen LogP contribution in [0, 0.1) is 6.92 Å². The van der Waals surface area contributed by atoms with Crippen LogP contribution in [-0.2, 0) is 0 Å². The highest BCUT2D eigenvalue weighted by molar-refractivity contribution is 7.80. The highest BCUT2D eigenvalue weighted by Crippen LogP contribution is 2.12. The number of hydrogen-bond acceptors (Lipinski definition) is 4. The molecule has 14 heavy (non-hydrogen) atoms. The minimum Gasteiger partial charge on any atom is -0.385 e. The maximum absolute atomic E-state index is 9.28. The monoisotopic (exact) mass is 209 g/mol. The van der Waals surface area contributed by atoms with Crippen LogP contribution < -0.4 is 0 Å². The zero-order chi connectivity index (χ0) is 10.3. The molecule has 1 N–H and O–H groups in total. The van der Waals surface area contributed by atoms with E-state index in [1.54, 1.807) is 13.0 Å². The maximum Gasteiger partial charge on any atom is 0.254 e. The lowest BCUT2D eigenvalue weighted by molar-refractivity contribution is 0.189. The smallest absolute Gasteiger partial charge is 0.254 e. The lowest BCUT2D eigenvalue weighted by Crippen LogP contribution is -1.96. The summed E-state index contributed by atoms with van der Waals surface area (Å²) in [6, 6.07) is 1.74. The van der Waals surface area contributed by atoms with Gasteiger partial charge in [-0.15, -0.1) is 5.10 Å². The summed E-state index contributed by atoms with van der Waals surface area (Å²) in [5, 5.41) is 13.9. The van der Waals surface area contributed by atoms with E-state index in [1.165, 1.54) is 4.52 Å². The second-order valence-corrected chi connectivity index (χ2v) is 3.51. The number of aliphatic hydroxyl groups is 1. The number of fused-ring (bicyclic) bond motifs is 1. The van der Waals surface area contributed by atoms with Crippen LogP contribution in [0.25, 0.3) is 5.78 Å². The molecule has 0 aliphatic carbocycles. The average molecular weight is 209 g/mol. The fourth-order valence-electron chi connectivity index (χ4n) is 1.15. The van der Waals surface area contributed by atoms with E-state index in [-0.39, 0.29) is 0 Å². The summed E-state index contributed by atoms with van der Waals surface area (Å²) in [6.45, 7) is 3.44. The first-order valence-corrected chi connectivity index (χ1v) is 4.58. The van der Waals surface area contributed by atoms with Gasteiger partial charge in [-0.25, -0.2) is 4.98 Å². The second kappa shape index (κ2) is 3.14. The van der Waals surface area contributed by atoms with Crippen LogP contribution in [0.3, 0.4) is 0 Å². The molecule has 1 radical (unpaired) electrons. The number of aromatic nitrogens is 4. The molecule has 0 aliphatic heterocycles. The highest BCUT2D eigenvalue weighted by atomic mass is 32.1. The fourth-order valence-corrected chi connectivity index (χ4v) is 1.44. The average Bonchev–Trinajstić information content (AvgIpc) is 2.47. The molecule has 2 aromatic heterocycles. The van der Waals surface area contributed by atoms with Crippen molar-refractivity contribution in [3.8, 4) is 0 Å². The third kappa shape index (κ3) is 1.42. The Kier molecular flexibility index (Phi) is 2.09. The molecule has 1 atom stereocenters. The quantitative estimate of drug-likeness (QED) is 0.713. The Morgan fingerprint density at radius 1 is 1.50 bits per heavy atom. The molecule has 2 heterocycles. The molecule has 0 saturated heterocycles. The molecule has 0 bridgehead atoms. The van der Waals surface area contributed by atoms with E-state index in [9.17, 15) is 5.11 Å². The van der Waals surface area contributed by atoms with Gasteiger partial charge in [0, 0.05) is 5.69 Å². The molecule has 6 heteroatoms. The van der Waals surface area contributed by atoms with E-state index in [4.69, 9.17) is 12.6 Å². The Labute approximate surface area is 86.2 Å². The van der Waals surface area contributed by atoms with Gasteiger partial charge in [0.25, 0.3) is 5.78 Å². The first-order chi connectivity index (χ1) is 6.58. The van der Waals surface area contributed by atoms with E-state index in [1.807, 2.05) is 6.92 Å². The zero-order valence-corrected chi connectivity index (χ0v) is 8.62. The van der Waals surface area contributed by atoms with Crippen molar-refractivity contribution in [1.29, 1.82) is 0 Å². The predicted octanol–water partition coefficient (Wildman–Crippen LogP) is 1.04. The summed E-state index contributed by atoms with van der Waals surface area (Å²) < 4.78 is 1.45. The molecule has 5 nitrogen and oxygen atoms in total. The third-order valence-corrected chi connectivity index (χ3v) is 2.09. The molecule has 0 fully saturated rings. The Balaban J connectivity index is 2.70. The van der Waals surface area contributed by atoms with Gasteiger partial charge >= 0.3 is 0 Å². The van der Waals surface area contributed by atoms with Gasteiger partial charge in [-0.3, -0.25) is 0 Å².